The average Bonchev–Trinajstić information content (AvgIpc) is 2.62. The van der Waals surface area contributed by atoms with Crippen LogP contribution in [-0.4, -0.2) is 44.2 Å². The maximum atomic E-state index is 10.8. The summed E-state index contributed by atoms with van der Waals surface area (Å²) in [6.45, 7) is 5.39. The minimum atomic E-state index is -1.13. The van der Waals surface area contributed by atoms with Gasteiger partial charge in [0.15, 0.2) is 0 Å². The Morgan fingerprint density at radius 1 is 1.07 bits per heavy atom. The molecule has 156 valence electrons. The molecule has 0 spiro atoms. The van der Waals surface area contributed by atoms with Gasteiger partial charge in [-0.3, -0.25) is 4.79 Å². The zero-order valence-electron chi connectivity index (χ0n) is 17.1. The highest BCUT2D eigenvalue weighted by Crippen LogP contribution is 2.15. The van der Waals surface area contributed by atoms with Gasteiger partial charge in [-0.25, -0.2) is 0 Å². The normalized spacial score (nSPS) is 18.1. The van der Waals surface area contributed by atoms with Crippen molar-refractivity contribution >= 4 is 5.97 Å². The molecule has 0 aliphatic carbocycles. The molecule has 0 radical (unpaired) electrons. The van der Waals surface area contributed by atoms with Gasteiger partial charge in [-0.05, 0) is 45.4 Å². The molecule has 0 fully saturated rings. The first kappa shape index (κ1) is 25.6. The van der Waals surface area contributed by atoms with Gasteiger partial charge in [-0.2, -0.15) is 0 Å². The Morgan fingerprint density at radius 2 is 1.74 bits per heavy atom. The van der Waals surface area contributed by atoms with Gasteiger partial charge < -0.3 is 20.4 Å². The first-order valence-electron chi connectivity index (χ1n) is 10.00. The van der Waals surface area contributed by atoms with E-state index in [1.165, 1.54) is 31.4 Å². The third-order valence-electron chi connectivity index (χ3n) is 4.47. The van der Waals surface area contributed by atoms with E-state index in [9.17, 15) is 20.1 Å². The van der Waals surface area contributed by atoms with Crippen LogP contribution in [0.1, 0.15) is 72.1 Å². The first-order chi connectivity index (χ1) is 12.7. The molecule has 0 aliphatic heterocycles. The van der Waals surface area contributed by atoms with Crippen molar-refractivity contribution in [3.8, 4) is 0 Å². The van der Waals surface area contributed by atoms with E-state index >= 15 is 0 Å². The summed E-state index contributed by atoms with van der Waals surface area (Å²) < 4.78 is 0. The SMILES string of the molecule is CCCCC/C=C\C/C=C\CC(C)(O)/C=C/C(O)C(O)CCC(C)C(=O)O. The highest BCUT2D eigenvalue weighted by Gasteiger charge is 2.20. The summed E-state index contributed by atoms with van der Waals surface area (Å²) in [6.07, 6.45) is 15.4. The number of aliphatic carboxylic acids is 1. The summed E-state index contributed by atoms with van der Waals surface area (Å²) in [6, 6.07) is 0. The second-order valence-electron chi connectivity index (χ2n) is 7.47. The van der Waals surface area contributed by atoms with Crippen LogP contribution in [0, 0.1) is 5.92 Å². The minimum Gasteiger partial charge on any atom is -0.481 e. The monoisotopic (exact) mass is 382 g/mol. The third kappa shape index (κ3) is 14.3. The van der Waals surface area contributed by atoms with Crippen molar-refractivity contribution < 1.29 is 25.2 Å². The van der Waals surface area contributed by atoms with Gasteiger partial charge in [0.05, 0.1) is 23.7 Å². The maximum absolute atomic E-state index is 10.8. The predicted molar refractivity (Wildman–Crippen MR) is 109 cm³/mol. The van der Waals surface area contributed by atoms with Crippen LogP contribution in [0.2, 0.25) is 0 Å². The topological polar surface area (TPSA) is 98.0 Å². The zero-order chi connectivity index (χ0) is 20.7. The van der Waals surface area contributed by atoms with Crippen LogP contribution in [0.25, 0.3) is 0 Å². The summed E-state index contributed by atoms with van der Waals surface area (Å²) in [5, 5.41) is 39.0. The van der Waals surface area contributed by atoms with E-state index in [0.717, 1.165) is 12.8 Å². The Bertz CT molecular complexity index is 479. The van der Waals surface area contributed by atoms with E-state index in [2.05, 4.69) is 19.1 Å². The second-order valence-corrected chi connectivity index (χ2v) is 7.47. The van der Waals surface area contributed by atoms with E-state index in [0.29, 0.717) is 6.42 Å². The molecule has 27 heavy (non-hydrogen) atoms. The average molecular weight is 383 g/mol. The highest BCUT2D eigenvalue weighted by molar-refractivity contribution is 5.69. The number of unbranched alkanes of at least 4 members (excludes halogenated alkanes) is 3. The van der Waals surface area contributed by atoms with Crippen molar-refractivity contribution in [1.29, 1.82) is 0 Å². The molecule has 5 nitrogen and oxygen atoms in total. The number of aliphatic hydroxyl groups excluding tert-OH is 2. The second kappa shape index (κ2) is 14.6. The lowest BCUT2D eigenvalue weighted by Gasteiger charge is -2.19. The van der Waals surface area contributed by atoms with Crippen LogP contribution in [0.3, 0.4) is 0 Å². The van der Waals surface area contributed by atoms with Crippen molar-refractivity contribution in [2.24, 2.45) is 5.92 Å². The Morgan fingerprint density at radius 3 is 2.37 bits per heavy atom. The molecule has 0 heterocycles. The van der Waals surface area contributed by atoms with Crippen LogP contribution in [0.5, 0.6) is 0 Å². The minimum absolute atomic E-state index is 0.186. The number of carbonyl (C=O) groups is 1. The Balaban J connectivity index is 4.20. The quantitative estimate of drug-likeness (QED) is 0.254. The number of hydrogen-bond donors (Lipinski definition) is 4. The fourth-order valence-electron chi connectivity index (χ4n) is 2.44. The summed E-state index contributed by atoms with van der Waals surface area (Å²) in [7, 11) is 0. The summed E-state index contributed by atoms with van der Waals surface area (Å²) in [4.78, 5) is 10.8. The molecule has 0 bridgehead atoms. The fourth-order valence-corrected chi connectivity index (χ4v) is 2.44. The van der Waals surface area contributed by atoms with Crippen molar-refractivity contribution in [2.45, 2.75) is 89.9 Å². The van der Waals surface area contributed by atoms with Crippen LogP contribution >= 0.6 is 0 Å². The fraction of sp³-hybridized carbons (Fsp3) is 0.682. The Labute approximate surface area is 164 Å². The van der Waals surface area contributed by atoms with Crippen LogP contribution in [0.15, 0.2) is 36.5 Å². The molecular formula is C22H38O5. The van der Waals surface area contributed by atoms with Crippen LogP contribution in [0.4, 0.5) is 0 Å². The van der Waals surface area contributed by atoms with Gasteiger partial charge >= 0.3 is 5.97 Å². The molecular weight excluding hydrogens is 344 g/mol. The largest absolute Gasteiger partial charge is 0.481 e. The summed E-state index contributed by atoms with van der Waals surface area (Å²) >= 11 is 0. The molecule has 4 unspecified atom stereocenters. The van der Waals surface area contributed by atoms with Crippen LogP contribution < -0.4 is 0 Å². The van der Waals surface area contributed by atoms with Gasteiger partial charge in [-0.15, -0.1) is 0 Å². The summed E-state index contributed by atoms with van der Waals surface area (Å²) in [5.74, 6) is -1.48. The molecule has 4 N–H and O–H groups in total. The van der Waals surface area contributed by atoms with Gasteiger partial charge in [0.1, 0.15) is 0 Å². The van der Waals surface area contributed by atoms with Crippen molar-refractivity contribution in [3.05, 3.63) is 36.5 Å². The molecule has 0 saturated heterocycles. The number of hydrogen-bond acceptors (Lipinski definition) is 4. The predicted octanol–water partition coefficient (Wildman–Crippen LogP) is 3.99. The third-order valence-corrected chi connectivity index (χ3v) is 4.47. The van der Waals surface area contributed by atoms with Crippen molar-refractivity contribution in [3.63, 3.8) is 0 Å². The van der Waals surface area contributed by atoms with Gasteiger partial charge in [0.25, 0.3) is 0 Å². The van der Waals surface area contributed by atoms with Crippen molar-refractivity contribution in [2.75, 3.05) is 0 Å². The maximum Gasteiger partial charge on any atom is 0.306 e. The molecule has 0 saturated carbocycles. The molecule has 0 amide bonds. The van der Waals surface area contributed by atoms with E-state index in [-0.39, 0.29) is 12.8 Å². The van der Waals surface area contributed by atoms with Gasteiger partial charge in [0.2, 0.25) is 0 Å². The lowest BCUT2D eigenvalue weighted by molar-refractivity contribution is -0.141. The number of aliphatic hydroxyl groups is 3. The van der Waals surface area contributed by atoms with Gasteiger partial charge in [-0.1, -0.05) is 63.1 Å². The Hall–Kier alpha value is -1.43. The zero-order valence-corrected chi connectivity index (χ0v) is 17.1. The molecule has 0 aliphatic rings. The van der Waals surface area contributed by atoms with E-state index in [1.54, 1.807) is 13.8 Å². The standard InChI is InChI=1S/C22H38O5/c1-4-5-6-7-8-9-10-11-12-16-22(3,27)17-15-20(24)19(23)14-13-18(2)21(25)26/h8-9,11-12,15,17-20,23-24,27H,4-7,10,13-14,16H2,1-3H3,(H,25,26)/b9-8-,12-11-,17-15+. The lowest BCUT2D eigenvalue weighted by atomic mass is 9.97. The van der Waals surface area contributed by atoms with E-state index < -0.39 is 29.7 Å². The lowest BCUT2D eigenvalue weighted by Crippen LogP contribution is -2.27. The molecule has 0 aromatic rings. The molecule has 4 atom stereocenters. The Kier molecular flexibility index (Phi) is 13.8. The van der Waals surface area contributed by atoms with Crippen LogP contribution in [-0.2, 0) is 4.79 Å². The number of carboxylic acids is 1. The van der Waals surface area contributed by atoms with Crippen molar-refractivity contribution in [1.82, 2.24) is 0 Å². The number of rotatable bonds is 15. The van der Waals surface area contributed by atoms with E-state index in [1.807, 2.05) is 12.2 Å². The molecule has 0 aromatic carbocycles. The molecule has 0 rings (SSSR count). The molecule has 5 heteroatoms. The number of allylic oxidation sites excluding steroid dienone is 3. The van der Waals surface area contributed by atoms with Gasteiger partial charge in [0, 0.05) is 0 Å². The molecule has 0 aromatic heterocycles. The number of carboxylic acid groups (broad SMARTS) is 1. The smallest absolute Gasteiger partial charge is 0.306 e. The van der Waals surface area contributed by atoms with E-state index in [4.69, 9.17) is 5.11 Å². The summed E-state index contributed by atoms with van der Waals surface area (Å²) in [5.41, 5.74) is -1.11. The highest BCUT2D eigenvalue weighted by atomic mass is 16.4. The first-order valence-corrected chi connectivity index (χ1v) is 10.00.